The average Bonchev–Trinajstić information content (AvgIpc) is 2.72. The highest BCUT2D eigenvalue weighted by molar-refractivity contribution is 7.18. The van der Waals surface area contributed by atoms with Crippen LogP contribution in [0.4, 0.5) is 4.39 Å². The summed E-state index contributed by atoms with van der Waals surface area (Å²) in [6.45, 7) is 1.24. The van der Waals surface area contributed by atoms with Crippen molar-refractivity contribution in [3.63, 3.8) is 0 Å². The number of nitrogens with two attached hydrogens (primary N) is 1. The summed E-state index contributed by atoms with van der Waals surface area (Å²) in [6.07, 6.45) is 0.756. The Morgan fingerprint density at radius 2 is 2.03 bits per heavy atom. The summed E-state index contributed by atoms with van der Waals surface area (Å²) in [6, 6.07) is 10.3. The molecule has 5 nitrogen and oxygen atoms in total. The lowest BCUT2D eigenvalue weighted by Gasteiger charge is -2.23. The molecule has 1 aliphatic rings. The van der Waals surface area contributed by atoms with Crippen LogP contribution in [-0.2, 0) is 21.5 Å². The second kappa shape index (κ2) is 10.3. The molecule has 0 amide bonds. The van der Waals surface area contributed by atoms with Crippen LogP contribution in [0, 0.1) is 0 Å². The molecule has 0 radical (unpaired) electrons. The molecule has 1 heterocycles. The van der Waals surface area contributed by atoms with E-state index in [1.54, 1.807) is 18.2 Å². The number of ether oxygens (including phenoxy) is 2. The fourth-order valence-corrected chi connectivity index (χ4v) is 3.99. The summed E-state index contributed by atoms with van der Waals surface area (Å²) in [4.78, 5) is 10.9. The first-order valence-electron chi connectivity index (χ1n) is 9.64. The number of halogens is 3. The van der Waals surface area contributed by atoms with Crippen molar-refractivity contribution in [2.24, 2.45) is 5.73 Å². The van der Waals surface area contributed by atoms with Crippen molar-refractivity contribution in [1.82, 2.24) is 0 Å². The number of alkyl halides is 1. The zero-order valence-corrected chi connectivity index (χ0v) is 19.3. The molecule has 3 N–H and O–H groups in total. The number of rotatable bonds is 8. The first kappa shape index (κ1) is 24.0. The van der Waals surface area contributed by atoms with Gasteiger partial charge in [-0.05, 0) is 59.4 Å². The molecule has 2 atom stereocenters. The van der Waals surface area contributed by atoms with Gasteiger partial charge < -0.3 is 14.6 Å². The fraction of sp³-hybridized carbons (Fsp3) is 0.318. The minimum atomic E-state index is -2.20. The van der Waals surface area contributed by atoms with Gasteiger partial charge in [-0.3, -0.25) is 10.5 Å². The topological polar surface area (TPSA) is 81.8 Å². The van der Waals surface area contributed by atoms with Crippen LogP contribution in [0.2, 0.25) is 10.0 Å². The lowest BCUT2D eigenvalue weighted by atomic mass is 9.96. The minimum absolute atomic E-state index is 0.120. The van der Waals surface area contributed by atoms with E-state index in [4.69, 9.17) is 43.5 Å². The molecule has 3 rings (SSSR count). The van der Waals surface area contributed by atoms with Crippen LogP contribution in [0.15, 0.2) is 42.0 Å². The molecular formula is C22H23Cl2FNO4P. The number of hydrogen-bond acceptors (Lipinski definition) is 4. The van der Waals surface area contributed by atoms with Gasteiger partial charge in [0.05, 0.1) is 23.3 Å². The summed E-state index contributed by atoms with van der Waals surface area (Å²) in [5.74, 6) is -0.536. The van der Waals surface area contributed by atoms with Gasteiger partial charge in [0, 0.05) is 12.0 Å². The molecule has 0 fully saturated rings. The van der Waals surface area contributed by atoms with Crippen molar-refractivity contribution in [1.29, 1.82) is 0 Å². The van der Waals surface area contributed by atoms with E-state index in [1.165, 1.54) is 6.07 Å². The molecule has 2 aromatic carbocycles. The summed E-state index contributed by atoms with van der Waals surface area (Å²) >= 11 is 12.2. The molecule has 1 aliphatic heterocycles. The number of benzene rings is 2. The van der Waals surface area contributed by atoms with Gasteiger partial charge in [0.15, 0.2) is 5.53 Å². The first-order valence-corrected chi connectivity index (χ1v) is 11.0. The number of carbonyl (C=O) groups is 1. The maximum atomic E-state index is 14.5. The van der Waals surface area contributed by atoms with Gasteiger partial charge in [0.25, 0.3) is 0 Å². The molecule has 0 aromatic heterocycles. The first-order chi connectivity index (χ1) is 14.6. The van der Waals surface area contributed by atoms with Crippen LogP contribution in [0.25, 0.3) is 5.57 Å². The van der Waals surface area contributed by atoms with Gasteiger partial charge in [0.1, 0.15) is 12.4 Å². The Morgan fingerprint density at radius 1 is 1.26 bits per heavy atom. The highest BCUT2D eigenvalue weighted by Crippen LogP contribution is 2.35. The highest BCUT2D eigenvalue weighted by atomic mass is 35.5. The maximum Gasteiger partial charge on any atom is 0.303 e. The molecule has 31 heavy (non-hydrogen) atoms. The Hall–Kier alpha value is -1.69. The Bertz CT molecular complexity index is 1010. The number of carboxylic acid groups (broad SMARTS) is 1. The predicted octanol–water partition coefficient (Wildman–Crippen LogP) is 5.18. The van der Waals surface area contributed by atoms with Gasteiger partial charge in [-0.2, -0.15) is 0 Å². The van der Waals surface area contributed by atoms with Crippen molar-refractivity contribution in [3.05, 3.63) is 68.7 Å². The molecule has 0 aliphatic carbocycles. The number of carboxylic acids is 1. The van der Waals surface area contributed by atoms with Crippen LogP contribution in [-0.4, -0.2) is 30.9 Å². The van der Waals surface area contributed by atoms with Crippen molar-refractivity contribution in [3.8, 4) is 5.75 Å². The normalized spacial score (nSPS) is 16.2. The van der Waals surface area contributed by atoms with Crippen molar-refractivity contribution >= 4 is 44.0 Å². The number of hydrogen-bond donors (Lipinski definition) is 2. The van der Waals surface area contributed by atoms with Crippen molar-refractivity contribution < 1.29 is 23.8 Å². The molecule has 9 heteroatoms. The second-order valence-corrected chi connectivity index (χ2v) is 8.94. The Kier molecular flexibility index (Phi) is 7.95. The molecule has 0 spiro atoms. The van der Waals surface area contributed by atoms with E-state index >= 15 is 0 Å². The molecule has 0 saturated carbocycles. The lowest BCUT2D eigenvalue weighted by Crippen LogP contribution is -2.25. The molecular weight excluding hydrogens is 463 g/mol. The molecule has 166 valence electrons. The quantitative estimate of drug-likeness (QED) is 0.397. The van der Waals surface area contributed by atoms with Gasteiger partial charge in [-0.1, -0.05) is 44.6 Å². The minimum Gasteiger partial charge on any atom is -0.489 e. The zero-order valence-electron chi connectivity index (χ0n) is 16.7. The lowest BCUT2D eigenvalue weighted by molar-refractivity contribution is -0.136. The Morgan fingerprint density at radius 3 is 2.71 bits per heavy atom. The highest BCUT2D eigenvalue weighted by Gasteiger charge is 2.25. The second-order valence-electron chi connectivity index (χ2n) is 7.28. The Balaban J connectivity index is 1.83. The third-order valence-electron chi connectivity index (χ3n) is 4.98. The average molecular weight is 486 g/mol. The Labute approximate surface area is 192 Å². The van der Waals surface area contributed by atoms with E-state index in [2.05, 4.69) is 0 Å². The summed E-state index contributed by atoms with van der Waals surface area (Å²) in [5.41, 5.74) is 7.11. The van der Waals surface area contributed by atoms with E-state index in [-0.39, 0.29) is 25.0 Å². The number of aryl methyl sites for hydroxylation is 1. The van der Waals surface area contributed by atoms with E-state index in [0.717, 1.165) is 16.7 Å². The molecule has 2 aromatic rings. The molecule has 0 bridgehead atoms. The van der Waals surface area contributed by atoms with Crippen LogP contribution in [0.5, 0.6) is 5.75 Å². The van der Waals surface area contributed by atoms with E-state index in [9.17, 15) is 9.18 Å². The number of aliphatic carboxylic acids is 1. The maximum absolute atomic E-state index is 14.5. The van der Waals surface area contributed by atoms with E-state index < -0.39 is 11.5 Å². The predicted molar refractivity (Wildman–Crippen MR) is 123 cm³/mol. The smallest absolute Gasteiger partial charge is 0.303 e. The fourth-order valence-electron chi connectivity index (χ4n) is 3.43. The summed E-state index contributed by atoms with van der Waals surface area (Å²) in [5, 5.41) is 9.88. The SMILES string of the molecule is NC(F)(P)c1cc(OCC2=C(c3ccc(Cl)c(Cl)c3)CCOC2)ccc1CCC(=O)O. The zero-order chi connectivity index (χ0) is 22.6. The van der Waals surface area contributed by atoms with Gasteiger partial charge in [0.2, 0.25) is 0 Å². The third-order valence-corrected chi connectivity index (χ3v) is 6.03. The van der Waals surface area contributed by atoms with Crippen LogP contribution < -0.4 is 10.5 Å². The van der Waals surface area contributed by atoms with E-state index in [1.807, 2.05) is 21.4 Å². The van der Waals surface area contributed by atoms with Gasteiger partial charge in [-0.25, -0.2) is 4.39 Å². The third kappa shape index (κ3) is 6.41. The van der Waals surface area contributed by atoms with Crippen molar-refractivity contribution in [2.45, 2.75) is 24.8 Å². The van der Waals surface area contributed by atoms with Gasteiger partial charge >= 0.3 is 5.97 Å². The largest absolute Gasteiger partial charge is 0.489 e. The summed E-state index contributed by atoms with van der Waals surface area (Å²) < 4.78 is 26.0. The van der Waals surface area contributed by atoms with E-state index in [0.29, 0.717) is 41.0 Å². The monoisotopic (exact) mass is 485 g/mol. The standard InChI is InChI=1S/C22H23Cl2FNO4P/c23-19-5-2-14(9-20(19)24)17-7-8-29-11-15(17)12-30-16-4-1-13(3-6-21(27)28)18(10-16)22(25,26)31/h1-2,4-5,9-10H,3,6-8,11-12,26,31H2,(H,27,28). The molecule has 0 saturated heterocycles. The van der Waals surface area contributed by atoms with Crippen LogP contribution in [0.1, 0.15) is 29.5 Å². The summed E-state index contributed by atoms with van der Waals surface area (Å²) in [7, 11) is 1.94. The van der Waals surface area contributed by atoms with Crippen molar-refractivity contribution in [2.75, 3.05) is 19.8 Å². The molecule has 2 unspecified atom stereocenters. The van der Waals surface area contributed by atoms with Crippen LogP contribution in [0.3, 0.4) is 0 Å². The van der Waals surface area contributed by atoms with Gasteiger partial charge in [-0.15, -0.1) is 0 Å². The van der Waals surface area contributed by atoms with Crippen LogP contribution >= 0.6 is 32.4 Å².